The van der Waals surface area contributed by atoms with Gasteiger partial charge in [0.2, 0.25) is 5.91 Å². The van der Waals surface area contributed by atoms with Gasteiger partial charge in [-0.2, -0.15) is 0 Å². The first-order chi connectivity index (χ1) is 8.13. The summed E-state index contributed by atoms with van der Waals surface area (Å²) in [5.41, 5.74) is 7.67. The Balaban J connectivity index is 2.43. The SMILES string of the molecule is COCCCC(N)C(=O)Nc1cccc(C)c1. The van der Waals surface area contributed by atoms with E-state index in [1.807, 2.05) is 31.2 Å². The number of amides is 1. The second-order valence-electron chi connectivity index (χ2n) is 4.10. The third-order valence-electron chi connectivity index (χ3n) is 2.49. The molecule has 0 saturated carbocycles. The molecule has 0 bridgehead atoms. The van der Waals surface area contributed by atoms with Crippen molar-refractivity contribution in [3.63, 3.8) is 0 Å². The van der Waals surface area contributed by atoms with Crippen LogP contribution in [0.2, 0.25) is 0 Å². The fourth-order valence-corrected chi connectivity index (χ4v) is 1.54. The Morgan fingerprint density at radius 1 is 1.53 bits per heavy atom. The Morgan fingerprint density at radius 3 is 2.94 bits per heavy atom. The maximum absolute atomic E-state index is 11.7. The summed E-state index contributed by atoms with van der Waals surface area (Å²) in [6.07, 6.45) is 1.42. The van der Waals surface area contributed by atoms with Crippen molar-refractivity contribution in [2.75, 3.05) is 19.0 Å². The number of carbonyl (C=O) groups is 1. The zero-order chi connectivity index (χ0) is 12.7. The van der Waals surface area contributed by atoms with Crippen LogP contribution in [0.3, 0.4) is 0 Å². The highest BCUT2D eigenvalue weighted by atomic mass is 16.5. The number of methoxy groups -OCH3 is 1. The van der Waals surface area contributed by atoms with Gasteiger partial charge in [0.25, 0.3) is 0 Å². The van der Waals surface area contributed by atoms with Crippen LogP contribution >= 0.6 is 0 Å². The van der Waals surface area contributed by atoms with Crippen molar-refractivity contribution in [2.24, 2.45) is 5.73 Å². The molecule has 1 rings (SSSR count). The van der Waals surface area contributed by atoms with Crippen LogP contribution in [0.4, 0.5) is 5.69 Å². The van der Waals surface area contributed by atoms with Crippen LogP contribution in [0.25, 0.3) is 0 Å². The van der Waals surface area contributed by atoms with Crippen molar-refractivity contribution in [3.05, 3.63) is 29.8 Å². The van der Waals surface area contributed by atoms with E-state index in [-0.39, 0.29) is 5.91 Å². The third-order valence-corrected chi connectivity index (χ3v) is 2.49. The molecule has 0 aromatic heterocycles. The number of hydrogen-bond acceptors (Lipinski definition) is 3. The molecule has 0 saturated heterocycles. The Hall–Kier alpha value is -1.39. The van der Waals surface area contributed by atoms with Crippen molar-refractivity contribution in [2.45, 2.75) is 25.8 Å². The van der Waals surface area contributed by atoms with Gasteiger partial charge in [0.15, 0.2) is 0 Å². The van der Waals surface area contributed by atoms with E-state index in [2.05, 4.69) is 5.32 Å². The van der Waals surface area contributed by atoms with E-state index in [0.29, 0.717) is 13.0 Å². The average molecular weight is 236 g/mol. The predicted octanol–water partition coefficient (Wildman–Crippen LogP) is 1.69. The summed E-state index contributed by atoms with van der Waals surface area (Å²) in [6, 6.07) is 7.17. The van der Waals surface area contributed by atoms with Crippen LogP contribution in [-0.2, 0) is 9.53 Å². The third kappa shape index (κ3) is 4.97. The fraction of sp³-hybridized carbons (Fsp3) is 0.462. The van der Waals surface area contributed by atoms with Crippen LogP contribution in [0.15, 0.2) is 24.3 Å². The molecule has 1 aromatic rings. The lowest BCUT2D eigenvalue weighted by molar-refractivity contribution is -0.117. The summed E-state index contributed by atoms with van der Waals surface area (Å²) in [7, 11) is 1.64. The molecular formula is C13H20N2O2. The molecule has 0 radical (unpaired) electrons. The zero-order valence-corrected chi connectivity index (χ0v) is 10.4. The largest absolute Gasteiger partial charge is 0.385 e. The lowest BCUT2D eigenvalue weighted by Gasteiger charge is -2.12. The molecule has 0 aliphatic rings. The Bertz CT molecular complexity index is 366. The van der Waals surface area contributed by atoms with E-state index >= 15 is 0 Å². The van der Waals surface area contributed by atoms with Gasteiger partial charge in [-0.25, -0.2) is 0 Å². The molecule has 1 aromatic carbocycles. The first kappa shape index (κ1) is 13.7. The van der Waals surface area contributed by atoms with Crippen molar-refractivity contribution in [3.8, 4) is 0 Å². The van der Waals surface area contributed by atoms with E-state index < -0.39 is 6.04 Å². The molecule has 0 aliphatic carbocycles. The van der Waals surface area contributed by atoms with Gasteiger partial charge in [-0.05, 0) is 37.5 Å². The Morgan fingerprint density at radius 2 is 2.29 bits per heavy atom. The molecule has 0 spiro atoms. The molecule has 1 unspecified atom stereocenters. The number of nitrogens with two attached hydrogens (primary N) is 1. The van der Waals surface area contributed by atoms with Gasteiger partial charge in [-0.1, -0.05) is 12.1 Å². The quantitative estimate of drug-likeness (QED) is 0.739. The summed E-state index contributed by atoms with van der Waals surface area (Å²) in [6.45, 7) is 2.61. The average Bonchev–Trinajstić information content (AvgIpc) is 2.29. The molecule has 0 heterocycles. The van der Waals surface area contributed by atoms with Gasteiger partial charge in [0.1, 0.15) is 0 Å². The van der Waals surface area contributed by atoms with Gasteiger partial charge < -0.3 is 15.8 Å². The number of benzene rings is 1. The van der Waals surface area contributed by atoms with E-state index in [4.69, 9.17) is 10.5 Å². The molecule has 17 heavy (non-hydrogen) atoms. The van der Waals surface area contributed by atoms with Crippen molar-refractivity contribution in [1.82, 2.24) is 0 Å². The smallest absolute Gasteiger partial charge is 0.241 e. The molecule has 1 amide bonds. The number of carbonyl (C=O) groups excluding carboxylic acids is 1. The number of anilines is 1. The van der Waals surface area contributed by atoms with Crippen LogP contribution in [0, 0.1) is 6.92 Å². The number of aryl methyl sites for hydroxylation is 1. The standard InChI is InChI=1S/C13H20N2O2/c1-10-5-3-6-11(9-10)15-13(16)12(14)7-4-8-17-2/h3,5-6,9,12H,4,7-8,14H2,1-2H3,(H,15,16). The van der Waals surface area contributed by atoms with Crippen LogP contribution in [-0.4, -0.2) is 25.7 Å². The molecule has 94 valence electrons. The number of nitrogens with one attached hydrogen (secondary N) is 1. The molecule has 0 aliphatic heterocycles. The molecule has 4 heteroatoms. The number of hydrogen-bond donors (Lipinski definition) is 2. The maximum atomic E-state index is 11.7. The zero-order valence-electron chi connectivity index (χ0n) is 10.4. The topological polar surface area (TPSA) is 64.3 Å². The minimum absolute atomic E-state index is 0.147. The normalized spacial score (nSPS) is 12.2. The molecular weight excluding hydrogens is 216 g/mol. The highest BCUT2D eigenvalue weighted by Gasteiger charge is 2.12. The summed E-state index contributed by atoms with van der Waals surface area (Å²) < 4.78 is 4.92. The van der Waals surface area contributed by atoms with E-state index in [1.165, 1.54) is 0 Å². The second-order valence-corrected chi connectivity index (χ2v) is 4.10. The lowest BCUT2D eigenvalue weighted by atomic mass is 10.1. The predicted molar refractivity (Wildman–Crippen MR) is 68.9 cm³/mol. The number of rotatable bonds is 6. The van der Waals surface area contributed by atoms with Gasteiger partial charge in [0, 0.05) is 19.4 Å². The maximum Gasteiger partial charge on any atom is 0.241 e. The van der Waals surface area contributed by atoms with E-state index in [0.717, 1.165) is 17.7 Å². The van der Waals surface area contributed by atoms with E-state index in [1.54, 1.807) is 7.11 Å². The van der Waals surface area contributed by atoms with Crippen LogP contribution < -0.4 is 11.1 Å². The van der Waals surface area contributed by atoms with Crippen LogP contribution in [0.1, 0.15) is 18.4 Å². The highest BCUT2D eigenvalue weighted by Crippen LogP contribution is 2.10. The van der Waals surface area contributed by atoms with Gasteiger partial charge in [0.05, 0.1) is 6.04 Å². The molecule has 3 N–H and O–H groups in total. The summed E-state index contributed by atoms with van der Waals surface area (Å²) >= 11 is 0. The minimum Gasteiger partial charge on any atom is -0.385 e. The van der Waals surface area contributed by atoms with Crippen molar-refractivity contribution in [1.29, 1.82) is 0 Å². The van der Waals surface area contributed by atoms with Gasteiger partial charge in [-0.3, -0.25) is 4.79 Å². The summed E-state index contributed by atoms with van der Waals surface area (Å²) in [5.74, 6) is -0.147. The fourth-order valence-electron chi connectivity index (χ4n) is 1.54. The second kappa shape index (κ2) is 7.04. The minimum atomic E-state index is -0.481. The van der Waals surface area contributed by atoms with E-state index in [9.17, 15) is 4.79 Å². The monoisotopic (exact) mass is 236 g/mol. The first-order valence-corrected chi connectivity index (χ1v) is 5.75. The van der Waals surface area contributed by atoms with Crippen molar-refractivity contribution < 1.29 is 9.53 Å². The Kier molecular flexibility index (Phi) is 5.66. The highest BCUT2D eigenvalue weighted by molar-refractivity contribution is 5.94. The van der Waals surface area contributed by atoms with Gasteiger partial charge >= 0.3 is 0 Å². The van der Waals surface area contributed by atoms with Crippen molar-refractivity contribution >= 4 is 11.6 Å². The summed E-state index contributed by atoms with van der Waals surface area (Å²) in [4.78, 5) is 11.7. The number of ether oxygens (including phenoxy) is 1. The molecule has 1 atom stereocenters. The Labute approximate surface area is 102 Å². The molecule has 4 nitrogen and oxygen atoms in total. The summed E-state index contributed by atoms with van der Waals surface area (Å²) in [5, 5.41) is 2.80. The molecule has 0 fully saturated rings. The lowest BCUT2D eigenvalue weighted by Crippen LogP contribution is -2.35. The van der Waals surface area contributed by atoms with Gasteiger partial charge in [-0.15, -0.1) is 0 Å². The first-order valence-electron chi connectivity index (χ1n) is 5.75. The van der Waals surface area contributed by atoms with Crippen LogP contribution in [0.5, 0.6) is 0 Å².